The second kappa shape index (κ2) is 14.9. The smallest absolute Gasteiger partial charge is 1.00 e. The Morgan fingerprint density at radius 2 is 0.688 bits per heavy atom. The number of halogens is 2. The fraction of sp³-hybridized carbons (Fsp3) is 0.0741. The van der Waals surface area contributed by atoms with Crippen LogP contribution in [0.15, 0.2) is 121 Å². The van der Waals surface area contributed by atoms with Crippen molar-refractivity contribution in [1.82, 2.24) is 0 Å². The molecule has 4 aromatic carbocycles. The van der Waals surface area contributed by atoms with Gasteiger partial charge in [-0.15, -0.1) is 0 Å². The molecule has 32 heavy (non-hydrogen) atoms. The minimum atomic E-state index is -0.535. The Hall–Kier alpha value is -1.19. The Morgan fingerprint density at radius 1 is 0.469 bits per heavy atom. The maximum absolute atomic E-state index is 4.46. The number of hydrogen-bond acceptors (Lipinski definition) is 0. The molecule has 0 heterocycles. The van der Waals surface area contributed by atoms with Crippen LogP contribution in [0.5, 0.6) is 0 Å². The third-order valence-electron chi connectivity index (χ3n) is 4.99. The van der Waals surface area contributed by atoms with Gasteiger partial charge < -0.3 is 31.7 Å². The summed E-state index contributed by atoms with van der Waals surface area (Å²) in [5.41, 5.74) is 0. The zero-order chi connectivity index (χ0) is 19.9. The molecular formula is C27H25Cl2NiP2. The molecule has 0 saturated heterocycles. The molecule has 0 aliphatic heterocycles. The van der Waals surface area contributed by atoms with Gasteiger partial charge in [0.25, 0.3) is 0 Å². The van der Waals surface area contributed by atoms with Crippen LogP contribution >= 0.6 is 15.8 Å². The van der Waals surface area contributed by atoms with E-state index in [1.165, 1.54) is 21.2 Å². The SMILES string of the molecule is [CH2-]CC(P(c1ccccc1)c1ccccc1)P(c1ccccc1)c1ccccc1.[Cl-].[Cl-].[Ni+3]. The van der Waals surface area contributed by atoms with Gasteiger partial charge in [0, 0.05) is 0 Å². The first-order chi connectivity index (χ1) is 14.4. The minimum absolute atomic E-state index is 0. The molecule has 0 bridgehead atoms. The molecule has 0 aliphatic rings. The molecule has 4 aromatic rings. The largest absolute Gasteiger partial charge is 3.00 e. The summed E-state index contributed by atoms with van der Waals surface area (Å²) in [6.45, 7) is 4.46. The monoisotopic (exact) mass is 539 g/mol. The van der Waals surface area contributed by atoms with Crippen molar-refractivity contribution in [1.29, 1.82) is 0 Å². The molecule has 5 heteroatoms. The average molecular weight is 541 g/mol. The Labute approximate surface area is 217 Å². The third kappa shape index (κ3) is 6.91. The van der Waals surface area contributed by atoms with E-state index in [2.05, 4.69) is 128 Å². The summed E-state index contributed by atoms with van der Waals surface area (Å²) < 4.78 is 0. The molecule has 0 saturated carbocycles. The van der Waals surface area contributed by atoms with Crippen LogP contribution in [0.25, 0.3) is 0 Å². The first-order valence-electron chi connectivity index (χ1n) is 9.96. The van der Waals surface area contributed by atoms with Crippen molar-refractivity contribution >= 4 is 37.1 Å². The Bertz CT molecular complexity index is 841. The normalized spacial score (nSPS) is 10.2. The van der Waals surface area contributed by atoms with Crippen molar-refractivity contribution in [3.8, 4) is 0 Å². The molecule has 0 aliphatic carbocycles. The van der Waals surface area contributed by atoms with Crippen LogP contribution in [0.2, 0.25) is 0 Å². The molecule has 0 fully saturated rings. The van der Waals surface area contributed by atoms with E-state index in [4.69, 9.17) is 0 Å². The Morgan fingerprint density at radius 3 is 0.875 bits per heavy atom. The van der Waals surface area contributed by atoms with Gasteiger partial charge in [0.1, 0.15) is 0 Å². The average Bonchev–Trinajstić information content (AvgIpc) is 2.81. The first kappa shape index (κ1) is 28.8. The molecule has 0 unspecified atom stereocenters. The van der Waals surface area contributed by atoms with Crippen LogP contribution < -0.4 is 46.0 Å². The number of rotatable bonds is 7. The van der Waals surface area contributed by atoms with E-state index in [-0.39, 0.29) is 41.3 Å². The van der Waals surface area contributed by atoms with Gasteiger partial charge in [-0.2, -0.15) is 6.42 Å². The number of benzene rings is 4. The summed E-state index contributed by atoms with van der Waals surface area (Å²) in [6, 6.07) is 44.2. The molecule has 0 spiro atoms. The zero-order valence-electron chi connectivity index (χ0n) is 17.5. The fourth-order valence-corrected chi connectivity index (χ4v) is 10.7. The van der Waals surface area contributed by atoms with Crippen molar-refractivity contribution in [3.63, 3.8) is 0 Å². The standard InChI is InChI=1S/C27H25P2.2ClH.Ni/c1-2-27(28(23-15-7-3-8-16-23)24-17-9-4-10-18-24)29(25-19-11-5-12-20-25)26-21-13-6-14-22-26;;;/h3-22,27H,1-2H2;2*1H;/q-1;;;+3/p-2. The fourth-order valence-electron chi connectivity index (χ4n) is 3.71. The van der Waals surface area contributed by atoms with Gasteiger partial charge in [-0.1, -0.05) is 121 Å². The van der Waals surface area contributed by atoms with Gasteiger partial charge in [-0.3, -0.25) is 0 Å². The van der Waals surface area contributed by atoms with Crippen molar-refractivity contribution in [2.45, 2.75) is 11.8 Å². The van der Waals surface area contributed by atoms with Gasteiger partial charge in [-0.25, -0.2) is 0 Å². The summed E-state index contributed by atoms with van der Waals surface area (Å²) in [5, 5.41) is 6.20. The van der Waals surface area contributed by atoms with Crippen molar-refractivity contribution in [2.75, 3.05) is 0 Å². The van der Waals surface area contributed by atoms with Crippen LogP contribution in [0, 0.1) is 6.92 Å². The van der Waals surface area contributed by atoms with E-state index in [1.54, 1.807) is 0 Å². The maximum Gasteiger partial charge on any atom is 3.00 e. The Kier molecular flexibility index (Phi) is 13.4. The van der Waals surface area contributed by atoms with E-state index in [0.717, 1.165) is 6.42 Å². The minimum Gasteiger partial charge on any atom is -1.00 e. The van der Waals surface area contributed by atoms with Crippen molar-refractivity contribution in [2.24, 2.45) is 0 Å². The van der Waals surface area contributed by atoms with Crippen LogP contribution in [-0.2, 0) is 16.5 Å². The summed E-state index contributed by atoms with van der Waals surface area (Å²) in [6.07, 6.45) is 0.908. The van der Waals surface area contributed by atoms with E-state index < -0.39 is 15.8 Å². The Balaban J connectivity index is 0.00000171. The van der Waals surface area contributed by atoms with Gasteiger partial charge in [0.2, 0.25) is 0 Å². The molecule has 0 N–H and O–H groups in total. The molecule has 0 amide bonds. The van der Waals surface area contributed by atoms with E-state index in [0.29, 0.717) is 5.40 Å². The van der Waals surface area contributed by atoms with Gasteiger partial charge >= 0.3 is 16.5 Å². The van der Waals surface area contributed by atoms with Crippen LogP contribution in [0.1, 0.15) is 6.42 Å². The predicted octanol–water partition coefficient (Wildman–Crippen LogP) is -0.192. The van der Waals surface area contributed by atoms with Gasteiger partial charge in [-0.05, 0) is 42.5 Å². The van der Waals surface area contributed by atoms with Crippen molar-refractivity contribution < 1.29 is 41.3 Å². The molecule has 0 atom stereocenters. The number of hydrogen-bond donors (Lipinski definition) is 0. The molecule has 1 radical (unpaired) electrons. The van der Waals surface area contributed by atoms with E-state index >= 15 is 0 Å². The van der Waals surface area contributed by atoms with Crippen LogP contribution in [-0.4, -0.2) is 5.40 Å². The predicted molar refractivity (Wildman–Crippen MR) is 132 cm³/mol. The first-order valence-corrected chi connectivity index (χ1v) is 12.8. The van der Waals surface area contributed by atoms with Crippen LogP contribution in [0.3, 0.4) is 0 Å². The molecule has 0 nitrogen and oxygen atoms in total. The zero-order valence-corrected chi connectivity index (χ0v) is 21.8. The quantitative estimate of drug-likeness (QED) is 0.173. The van der Waals surface area contributed by atoms with Gasteiger partial charge in [0.15, 0.2) is 0 Å². The molecule has 167 valence electrons. The molecule has 0 aromatic heterocycles. The summed E-state index contributed by atoms with van der Waals surface area (Å²) in [5.74, 6) is 0. The second-order valence-electron chi connectivity index (χ2n) is 6.85. The van der Waals surface area contributed by atoms with E-state index in [1.807, 2.05) is 0 Å². The summed E-state index contributed by atoms with van der Waals surface area (Å²) >= 11 is 0. The van der Waals surface area contributed by atoms with Crippen LogP contribution in [0.4, 0.5) is 0 Å². The second-order valence-corrected chi connectivity index (χ2v) is 12.1. The summed E-state index contributed by atoms with van der Waals surface area (Å²) in [7, 11) is -1.07. The maximum atomic E-state index is 4.46. The van der Waals surface area contributed by atoms with Gasteiger partial charge in [0.05, 0.1) is 0 Å². The topological polar surface area (TPSA) is 0 Å². The third-order valence-corrected chi connectivity index (χ3v) is 11.5. The van der Waals surface area contributed by atoms with Crippen molar-refractivity contribution in [3.05, 3.63) is 128 Å². The summed E-state index contributed by atoms with van der Waals surface area (Å²) in [4.78, 5) is 0. The molecule has 4 rings (SSSR count). The van der Waals surface area contributed by atoms with E-state index in [9.17, 15) is 0 Å². The molecular weight excluding hydrogens is 516 g/mol.